The Morgan fingerprint density at radius 2 is 1.83 bits per heavy atom. The Bertz CT molecular complexity index is 875. The summed E-state index contributed by atoms with van der Waals surface area (Å²) in [7, 11) is 0. The third-order valence-corrected chi connectivity index (χ3v) is 4.56. The summed E-state index contributed by atoms with van der Waals surface area (Å²) >= 11 is 0. The van der Waals surface area contributed by atoms with Crippen LogP contribution in [0.25, 0.3) is 0 Å². The van der Waals surface area contributed by atoms with Crippen molar-refractivity contribution in [3.8, 4) is 0 Å². The van der Waals surface area contributed by atoms with Gasteiger partial charge in [-0.25, -0.2) is 28.1 Å². The number of nitrogens with one attached hydrogen (secondary N) is 2. The minimum Gasteiger partial charge on any atom is -0.381 e. The van der Waals surface area contributed by atoms with Crippen LogP contribution in [0.15, 0.2) is 23.3 Å². The number of hydrogen-bond donors (Lipinski definition) is 2. The Balaban J connectivity index is 1.80. The van der Waals surface area contributed by atoms with Crippen LogP contribution in [0.3, 0.4) is 0 Å². The van der Waals surface area contributed by atoms with Crippen molar-refractivity contribution in [2.75, 3.05) is 23.8 Å². The van der Waals surface area contributed by atoms with E-state index in [1.54, 1.807) is 13.1 Å². The number of benzene rings is 1. The lowest BCUT2D eigenvalue weighted by Gasteiger charge is -2.23. The number of aliphatic imine (C=N–C) groups is 1. The smallest absolute Gasteiger partial charge is 0.223 e. The molecule has 0 aliphatic carbocycles. The van der Waals surface area contributed by atoms with Gasteiger partial charge in [-0.15, -0.1) is 0 Å². The molecule has 29 heavy (non-hydrogen) atoms. The third kappa shape index (κ3) is 5.44. The molecule has 0 amide bonds. The molecule has 0 unspecified atom stereocenters. The largest absolute Gasteiger partial charge is 0.381 e. The Labute approximate surface area is 167 Å². The van der Waals surface area contributed by atoms with Gasteiger partial charge in [0, 0.05) is 37.3 Å². The van der Waals surface area contributed by atoms with Gasteiger partial charge < -0.3 is 15.4 Å². The van der Waals surface area contributed by atoms with Gasteiger partial charge in [0.1, 0.15) is 17.3 Å². The van der Waals surface area contributed by atoms with Gasteiger partial charge in [-0.3, -0.25) is 0 Å². The Hall–Kier alpha value is -2.68. The molecule has 2 aromatic rings. The maximum absolute atomic E-state index is 14.0. The number of aromatic nitrogens is 2. The van der Waals surface area contributed by atoms with Crippen molar-refractivity contribution in [3.05, 3.63) is 41.5 Å². The molecular weight excluding hydrogens is 383 g/mol. The maximum atomic E-state index is 14.0. The van der Waals surface area contributed by atoms with E-state index in [4.69, 9.17) is 4.74 Å². The molecule has 0 saturated carbocycles. The van der Waals surface area contributed by atoms with Crippen molar-refractivity contribution in [3.63, 3.8) is 0 Å². The second kappa shape index (κ2) is 9.21. The van der Waals surface area contributed by atoms with Gasteiger partial charge in [0.05, 0.1) is 17.6 Å². The number of aryl methyl sites for hydroxylation is 1. The first kappa shape index (κ1) is 21.0. The van der Waals surface area contributed by atoms with Gasteiger partial charge in [0.15, 0.2) is 11.6 Å². The van der Waals surface area contributed by atoms with Crippen LogP contribution in [0.1, 0.15) is 32.4 Å². The van der Waals surface area contributed by atoms with E-state index in [1.807, 2.05) is 13.8 Å². The van der Waals surface area contributed by atoms with E-state index in [2.05, 4.69) is 25.6 Å². The number of ether oxygens (including phenoxy) is 1. The lowest BCUT2D eigenvalue weighted by Crippen LogP contribution is -2.28. The molecule has 0 atom stereocenters. The van der Waals surface area contributed by atoms with Crippen molar-refractivity contribution in [2.24, 2.45) is 10.9 Å². The lowest BCUT2D eigenvalue weighted by molar-refractivity contribution is 0.0903. The Morgan fingerprint density at radius 3 is 2.41 bits per heavy atom. The molecule has 0 spiro atoms. The van der Waals surface area contributed by atoms with Crippen LogP contribution in [-0.4, -0.2) is 35.1 Å². The molecule has 6 nitrogen and oxygen atoms in total. The molecule has 0 radical (unpaired) electrons. The summed E-state index contributed by atoms with van der Waals surface area (Å²) < 4.78 is 46.4. The fourth-order valence-corrected chi connectivity index (χ4v) is 2.89. The van der Waals surface area contributed by atoms with Crippen LogP contribution < -0.4 is 10.6 Å². The van der Waals surface area contributed by atoms with Crippen LogP contribution in [0.4, 0.5) is 30.5 Å². The third-order valence-electron chi connectivity index (χ3n) is 4.56. The quantitative estimate of drug-likeness (QED) is 0.560. The van der Waals surface area contributed by atoms with Crippen molar-refractivity contribution in [2.45, 2.75) is 39.7 Å². The van der Waals surface area contributed by atoms with Gasteiger partial charge in [-0.2, -0.15) is 0 Å². The molecule has 9 heteroatoms. The first-order valence-electron chi connectivity index (χ1n) is 9.51. The fourth-order valence-electron chi connectivity index (χ4n) is 2.89. The minimum absolute atomic E-state index is 0.182. The van der Waals surface area contributed by atoms with Gasteiger partial charge in [-0.05, 0) is 19.8 Å². The topological polar surface area (TPSA) is 71.4 Å². The monoisotopic (exact) mass is 407 g/mol. The van der Waals surface area contributed by atoms with Crippen molar-refractivity contribution >= 4 is 23.2 Å². The number of anilines is 2. The van der Waals surface area contributed by atoms with E-state index >= 15 is 0 Å². The van der Waals surface area contributed by atoms with Gasteiger partial charge in [0.2, 0.25) is 5.95 Å². The summed E-state index contributed by atoms with van der Waals surface area (Å²) in [6, 6.07) is 1.47. The average Bonchev–Trinajstić information content (AvgIpc) is 2.66. The Morgan fingerprint density at radius 1 is 1.17 bits per heavy atom. The summed E-state index contributed by atoms with van der Waals surface area (Å²) in [5.74, 6) is -2.48. The molecule has 3 rings (SSSR count). The molecular formula is C20H24F3N5O. The average molecular weight is 407 g/mol. The molecule has 2 N–H and O–H groups in total. The summed E-state index contributed by atoms with van der Waals surface area (Å²) in [5.41, 5.74) is 0.680. The molecule has 1 aromatic carbocycles. The predicted octanol–water partition coefficient (Wildman–Crippen LogP) is 4.59. The normalized spacial score (nSPS) is 15.6. The lowest BCUT2D eigenvalue weighted by atomic mass is 10.1. The highest BCUT2D eigenvalue weighted by Gasteiger charge is 2.17. The number of halogens is 3. The minimum atomic E-state index is -1.06. The van der Waals surface area contributed by atoms with E-state index in [1.165, 1.54) is 0 Å². The van der Waals surface area contributed by atoms with Crippen LogP contribution >= 0.6 is 0 Å². The van der Waals surface area contributed by atoms with Crippen LogP contribution in [0.5, 0.6) is 0 Å². The molecule has 0 bridgehead atoms. The molecule has 1 aliphatic rings. The van der Waals surface area contributed by atoms with E-state index in [9.17, 15) is 13.2 Å². The highest BCUT2D eigenvalue weighted by atomic mass is 19.1. The van der Waals surface area contributed by atoms with Crippen molar-refractivity contribution < 1.29 is 17.9 Å². The molecule has 156 valence electrons. The maximum Gasteiger partial charge on any atom is 0.223 e. The van der Waals surface area contributed by atoms with E-state index < -0.39 is 23.1 Å². The van der Waals surface area contributed by atoms with Crippen LogP contribution in [0.2, 0.25) is 0 Å². The second-order valence-corrected chi connectivity index (χ2v) is 7.22. The van der Waals surface area contributed by atoms with Crippen molar-refractivity contribution in [1.29, 1.82) is 0 Å². The zero-order valence-corrected chi connectivity index (χ0v) is 16.6. The standard InChI is InChI=1S/C20H24F3N5O/c1-11(2)19(28-18-15(22)8-13(21)9-16(18)23)27-17-10-24-20(25-12(17)3)26-14-4-6-29-7-5-14/h8-11,14H,4-7H2,1-3H3,(H,27,28)(H,24,25,26). The van der Waals surface area contributed by atoms with Crippen LogP contribution in [-0.2, 0) is 4.74 Å². The number of rotatable bonds is 5. The van der Waals surface area contributed by atoms with E-state index in [0.29, 0.717) is 48.5 Å². The number of nitrogens with zero attached hydrogens (tertiary/aromatic N) is 3. The van der Waals surface area contributed by atoms with Crippen molar-refractivity contribution in [1.82, 2.24) is 9.97 Å². The summed E-state index contributed by atoms with van der Waals surface area (Å²) in [6.07, 6.45) is 3.38. The highest BCUT2D eigenvalue weighted by molar-refractivity contribution is 5.98. The molecule has 1 fully saturated rings. The summed E-state index contributed by atoms with van der Waals surface area (Å²) in [6.45, 7) is 6.86. The van der Waals surface area contributed by atoms with Gasteiger partial charge >= 0.3 is 0 Å². The molecule has 2 heterocycles. The first-order valence-corrected chi connectivity index (χ1v) is 9.51. The zero-order chi connectivity index (χ0) is 21.0. The van der Waals surface area contributed by atoms with E-state index in [-0.39, 0.29) is 12.0 Å². The molecule has 1 saturated heterocycles. The fraction of sp³-hybridized carbons (Fsp3) is 0.450. The SMILES string of the molecule is Cc1nc(NC2CCOCC2)ncc1NC(=Nc1c(F)cc(F)cc1F)C(C)C. The van der Waals surface area contributed by atoms with Gasteiger partial charge in [-0.1, -0.05) is 13.8 Å². The number of hydrogen-bond acceptors (Lipinski definition) is 5. The molecule has 1 aromatic heterocycles. The van der Waals surface area contributed by atoms with Crippen LogP contribution in [0, 0.1) is 30.3 Å². The van der Waals surface area contributed by atoms with E-state index in [0.717, 1.165) is 12.8 Å². The molecule has 1 aliphatic heterocycles. The zero-order valence-electron chi connectivity index (χ0n) is 16.6. The predicted molar refractivity (Wildman–Crippen MR) is 106 cm³/mol. The number of amidine groups is 1. The Kier molecular flexibility index (Phi) is 6.68. The van der Waals surface area contributed by atoms with Gasteiger partial charge in [0.25, 0.3) is 0 Å². The highest BCUT2D eigenvalue weighted by Crippen LogP contribution is 2.25. The summed E-state index contributed by atoms with van der Waals surface area (Å²) in [4.78, 5) is 12.8. The summed E-state index contributed by atoms with van der Waals surface area (Å²) in [5, 5.41) is 6.34. The first-order chi connectivity index (χ1) is 13.8. The second-order valence-electron chi connectivity index (χ2n) is 7.22.